The van der Waals surface area contributed by atoms with Crippen LogP contribution in [-0.2, 0) is 13.0 Å². The Morgan fingerprint density at radius 3 is 2.54 bits per heavy atom. The predicted molar refractivity (Wildman–Crippen MR) is 113 cm³/mol. The number of aliphatic imine (C=N–C) groups is 1. The first-order valence-electron chi connectivity index (χ1n) is 7.07. The fourth-order valence-corrected chi connectivity index (χ4v) is 2.53. The van der Waals surface area contributed by atoms with Gasteiger partial charge in [0.25, 0.3) is 0 Å². The first kappa shape index (κ1) is 21.3. The highest BCUT2D eigenvalue weighted by Crippen LogP contribution is 2.20. The molecule has 0 atom stereocenters. The van der Waals surface area contributed by atoms with Crippen LogP contribution in [0.25, 0.3) is 0 Å². The molecule has 0 saturated carbocycles. The van der Waals surface area contributed by atoms with Gasteiger partial charge in [-0.15, -0.1) is 24.0 Å². The molecular weight excluding hydrogens is 481 g/mol. The predicted octanol–water partition coefficient (Wildman–Crippen LogP) is 4.57. The summed E-state index contributed by atoms with van der Waals surface area (Å²) in [7, 11) is 1.72. The minimum atomic E-state index is 0. The Hall–Kier alpha value is -0.760. The highest BCUT2D eigenvalue weighted by Gasteiger charge is 2.03. The Balaban J connectivity index is 0.00000288. The van der Waals surface area contributed by atoms with Crippen molar-refractivity contribution in [1.29, 1.82) is 0 Å². The normalized spacial score (nSPS) is 10.9. The lowest BCUT2D eigenvalue weighted by molar-refractivity contribution is 0.793. The SMILES string of the molecule is CN=C(NCCc1ccc(Cl)nc1)NCc1ccc(Cl)cc1Cl.I. The molecule has 2 rings (SSSR count). The number of nitrogens with zero attached hydrogens (tertiary/aromatic N) is 2. The van der Waals surface area contributed by atoms with Gasteiger partial charge in [-0.3, -0.25) is 4.99 Å². The van der Waals surface area contributed by atoms with Gasteiger partial charge in [-0.25, -0.2) is 4.98 Å². The number of nitrogens with one attached hydrogen (secondary N) is 2. The molecule has 24 heavy (non-hydrogen) atoms. The molecule has 2 N–H and O–H groups in total. The van der Waals surface area contributed by atoms with Gasteiger partial charge >= 0.3 is 0 Å². The van der Waals surface area contributed by atoms with Crippen molar-refractivity contribution in [2.45, 2.75) is 13.0 Å². The number of halogens is 4. The lowest BCUT2D eigenvalue weighted by Crippen LogP contribution is -2.37. The summed E-state index contributed by atoms with van der Waals surface area (Å²) in [4.78, 5) is 8.24. The maximum absolute atomic E-state index is 6.15. The second kappa shape index (κ2) is 11.0. The maximum atomic E-state index is 6.15. The third kappa shape index (κ3) is 7.01. The minimum absolute atomic E-state index is 0. The summed E-state index contributed by atoms with van der Waals surface area (Å²) < 4.78 is 0. The van der Waals surface area contributed by atoms with Crippen molar-refractivity contribution in [2.24, 2.45) is 4.99 Å². The quantitative estimate of drug-likeness (QED) is 0.274. The van der Waals surface area contributed by atoms with Crippen LogP contribution in [0.15, 0.2) is 41.5 Å². The van der Waals surface area contributed by atoms with Gasteiger partial charge in [-0.05, 0) is 35.7 Å². The lowest BCUT2D eigenvalue weighted by atomic mass is 10.2. The van der Waals surface area contributed by atoms with Crippen molar-refractivity contribution in [3.05, 3.63) is 62.9 Å². The van der Waals surface area contributed by atoms with Crippen LogP contribution in [0.4, 0.5) is 0 Å². The lowest BCUT2D eigenvalue weighted by Gasteiger charge is -2.12. The van der Waals surface area contributed by atoms with Crippen molar-refractivity contribution < 1.29 is 0 Å². The Bertz CT molecular complexity index is 678. The number of rotatable bonds is 5. The van der Waals surface area contributed by atoms with Crippen LogP contribution in [0.5, 0.6) is 0 Å². The molecule has 4 nitrogen and oxygen atoms in total. The van der Waals surface area contributed by atoms with Gasteiger partial charge in [0, 0.05) is 36.4 Å². The molecule has 0 bridgehead atoms. The summed E-state index contributed by atoms with van der Waals surface area (Å²) >= 11 is 17.8. The van der Waals surface area contributed by atoms with Crippen molar-refractivity contribution in [2.75, 3.05) is 13.6 Å². The number of benzene rings is 1. The Labute approximate surface area is 174 Å². The molecule has 2 aromatic rings. The van der Waals surface area contributed by atoms with Crippen molar-refractivity contribution in [3.8, 4) is 0 Å². The van der Waals surface area contributed by atoms with Gasteiger partial charge in [-0.1, -0.05) is 46.9 Å². The van der Waals surface area contributed by atoms with Crippen LogP contribution in [0.3, 0.4) is 0 Å². The summed E-state index contributed by atoms with van der Waals surface area (Å²) in [6.45, 7) is 1.30. The Morgan fingerprint density at radius 1 is 1.12 bits per heavy atom. The Kier molecular flexibility index (Phi) is 9.73. The molecule has 0 saturated heterocycles. The highest BCUT2D eigenvalue weighted by atomic mass is 127. The fourth-order valence-electron chi connectivity index (χ4n) is 1.94. The average molecular weight is 500 g/mol. The number of pyridine rings is 1. The van der Waals surface area contributed by atoms with Crippen LogP contribution in [-0.4, -0.2) is 24.5 Å². The molecule has 0 radical (unpaired) electrons. The number of guanidine groups is 1. The molecule has 0 aliphatic rings. The molecule has 1 aromatic heterocycles. The second-order valence-electron chi connectivity index (χ2n) is 4.83. The van der Waals surface area contributed by atoms with E-state index in [4.69, 9.17) is 34.8 Å². The van der Waals surface area contributed by atoms with Gasteiger partial charge in [0.15, 0.2) is 5.96 Å². The van der Waals surface area contributed by atoms with Gasteiger partial charge in [0.1, 0.15) is 5.15 Å². The number of aromatic nitrogens is 1. The fraction of sp³-hybridized carbons (Fsp3) is 0.250. The van der Waals surface area contributed by atoms with Gasteiger partial charge < -0.3 is 10.6 Å². The van der Waals surface area contributed by atoms with Crippen LogP contribution in [0, 0.1) is 0 Å². The van der Waals surface area contributed by atoms with E-state index in [1.165, 1.54) is 0 Å². The standard InChI is InChI=1S/C16H17Cl3N4.HI/c1-20-16(21-7-6-11-2-5-15(19)22-9-11)23-10-12-3-4-13(17)8-14(12)18;/h2-5,8-9H,6-7,10H2,1H3,(H2,20,21,23);1H. The molecule has 130 valence electrons. The zero-order valence-electron chi connectivity index (χ0n) is 13.0. The van der Waals surface area contributed by atoms with Crippen molar-refractivity contribution in [1.82, 2.24) is 15.6 Å². The average Bonchev–Trinajstić information content (AvgIpc) is 2.54. The highest BCUT2D eigenvalue weighted by molar-refractivity contribution is 14.0. The van der Waals surface area contributed by atoms with Crippen LogP contribution in [0.1, 0.15) is 11.1 Å². The maximum Gasteiger partial charge on any atom is 0.191 e. The van der Waals surface area contributed by atoms with E-state index in [1.807, 2.05) is 18.2 Å². The summed E-state index contributed by atoms with van der Waals surface area (Å²) in [5, 5.41) is 8.21. The molecule has 0 fully saturated rings. The third-order valence-corrected chi connectivity index (χ3v) is 3.99. The summed E-state index contributed by atoms with van der Waals surface area (Å²) in [5.74, 6) is 0.706. The number of hydrogen-bond donors (Lipinski definition) is 2. The molecule has 0 aliphatic heterocycles. The molecule has 1 aromatic carbocycles. The molecule has 8 heteroatoms. The van der Waals surface area contributed by atoms with Crippen molar-refractivity contribution in [3.63, 3.8) is 0 Å². The summed E-state index contributed by atoms with van der Waals surface area (Å²) in [5.41, 5.74) is 2.07. The van der Waals surface area contributed by atoms with E-state index < -0.39 is 0 Å². The summed E-state index contributed by atoms with van der Waals surface area (Å²) in [6.07, 6.45) is 2.60. The van der Waals surface area contributed by atoms with E-state index in [9.17, 15) is 0 Å². The third-order valence-electron chi connectivity index (χ3n) is 3.18. The summed E-state index contributed by atoms with van der Waals surface area (Å²) in [6, 6.07) is 9.18. The molecule has 0 amide bonds. The first-order chi connectivity index (χ1) is 11.1. The van der Waals surface area contributed by atoms with E-state index in [0.29, 0.717) is 27.7 Å². The van der Waals surface area contributed by atoms with Gasteiger partial charge in [0.05, 0.1) is 0 Å². The first-order valence-corrected chi connectivity index (χ1v) is 8.21. The van der Waals surface area contributed by atoms with Crippen molar-refractivity contribution >= 4 is 64.7 Å². The zero-order chi connectivity index (χ0) is 16.7. The van der Waals surface area contributed by atoms with E-state index in [-0.39, 0.29) is 24.0 Å². The van der Waals surface area contributed by atoms with Crippen LogP contribution < -0.4 is 10.6 Å². The Morgan fingerprint density at radius 2 is 1.92 bits per heavy atom. The molecule has 1 heterocycles. The van der Waals surface area contributed by atoms with E-state index in [1.54, 1.807) is 25.4 Å². The molecule has 0 unspecified atom stereocenters. The van der Waals surface area contributed by atoms with E-state index in [2.05, 4.69) is 20.6 Å². The molecule has 0 spiro atoms. The topological polar surface area (TPSA) is 49.3 Å². The van der Waals surface area contributed by atoms with E-state index >= 15 is 0 Å². The molecular formula is C16H18Cl3IN4. The minimum Gasteiger partial charge on any atom is -0.356 e. The second-order valence-corrected chi connectivity index (χ2v) is 6.06. The molecule has 0 aliphatic carbocycles. The smallest absolute Gasteiger partial charge is 0.191 e. The van der Waals surface area contributed by atoms with Crippen LogP contribution in [0.2, 0.25) is 15.2 Å². The monoisotopic (exact) mass is 498 g/mol. The van der Waals surface area contributed by atoms with Gasteiger partial charge in [-0.2, -0.15) is 0 Å². The van der Waals surface area contributed by atoms with Gasteiger partial charge in [0.2, 0.25) is 0 Å². The largest absolute Gasteiger partial charge is 0.356 e. The van der Waals surface area contributed by atoms with Crippen LogP contribution >= 0.6 is 58.8 Å². The number of hydrogen-bond acceptors (Lipinski definition) is 2. The van der Waals surface area contributed by atoms with E-state index in [0.717, 1.165) is 24.1 Å². The zero-order valence-corrected chi connectivity index (χ0v) is 17.6.